The molecule has 1 aliphatic heterocycles. The number of anilines is 1. The third-order valence-electron chi connectivity index (χ3n) is 5.47. The van der Waals surface area contributed by atoms with E-state index in [9.17, 15) is 14.9 Å². The van der Waals surface area contributed by atoms with E-state index in [1.54, 1.807) is 18.2 Å². The standard InChI is InChI=1S/C27H27N3O5S/c1-3-18-8-11-21(12-9-18)28-27-29-26(31)25(36-27)16-19-10-13-23(24(15-19)34-4-2)35-17-20-6-5-7-22(14-20)30(32)33/h5-16,27-28H,3-4,17H2,1-2H3,(H,29,31)/b25-16-/t27-/m0/s1. The molecule has 0 saturated carbocycles. The molecule has 0 unspecified atom stereocenters. The highest BCUT2D eigenvalue weighted by Crippen LogP contribution is 2.34. The molecule has 2 N–H and O–H groups in total. The lowest BCUT2D eigenvalue weighted by molar-refractivity contribution is -0.384. The van der Waals surface area contributed by atoms with Crippen molar-refractivity contribution >= 4 is 35.1 Å². The number of nitro groups is 1. The molecule has 3 aromatic rings. The maximum Gasteiger partial charge on any atom is 0.269 e. The molecule has 0 spiro atoms. The molecular formula is C27H27N3O5S. The van der Waals surface area contributed by atoms with Crippen LogP contribution in [0.3, 0.4) is 0 Å². The Morgan fingerprint density at radius 3 is 2.56 bits per heavy atom. The maximum atomic E-state index is 12.5. The van der Waals surface area contributed by atoms with Gasteiger partial charge in [0.25, 0.3) is 11.6 Å². The minimum absolute atomic E-state index is 0.0150. The van der Waals surface area contributed by atoms with Crippen LogP contribution in [0, 0.1) is 10.1 Å². The van der Waals surface area contributed by atoms with E-state index in [0.717, 1.165) is 17.7 Å². The smallest absolute Gasteiger partial charge is 0.269 e. The van der Waals surface area contributed by atoms with Crippen LogP contribution in [-0.2, 0) is 17.8 Å². The van der Waals surface area contributed by atoms with E-state index in [0.29, 0.717) is 28.6 Å². The zero-order valence-electron chi connectivity index (χ0n) is 20.0. The van der Waals surface area contributed by atoms with Crippen molar-refractivity contribution in [2.24, 2.45) is 0 Å². The lowest BCUT2D eigenvalue weighted by Crippen LogP contribution is -2.30. The van der Waals surface area contributed by atoms with Crippen LogP contribution in [0.2, 0.25) is 0 Å². The van der Waals surface area contributed by atoms with E-state index in [1.165, 1.54) is 29.5 Å². The topological polar surface area (TPSA) is 103 Å². The van der Waals surface area contributed by atoms with Crippen LogP contribution in [0.1, 0.15) is 30.5 Å². The number of aryl methyl sites for hydroxylation is 1. The largest absolute Gasteiger partial charge is 0.490 e. The molecule has 1 aliphatic rings. The van der Waals surface area contributed by atoms with Crippen LogP contribution in [0.5, 0.6) is 11.5 Å². The van der Waals surface area contributed by atoms with Gasteiger partial charge in [-0.05, 0) is 60.4 Å². The van der Waals surface area contributed by atoms with Crippen molar-refractivity contribution in [3.05, 3.63) is 98.4 Å². The number of nitrogens with zero attached hydrogens (tertiary/aromatic N) is 1. The number of benzene rings is 3. The van der Waals surface area contributed by atoms with Gasteiger partial charge < -0.3 is 20.1 Å². The van der Waals surface area contributed by atoms with E-state index < -0.39 is 4.92 Å². The SMILES string of the molecule is CCOc1cc(/C=C2\S[C@@H](Nc3ccc(CC)cc3)NC2=O)ccc1OCc1cccc([N+](=O)[O-])c1. The first-order valence-corrected chi connectivity index (χ1v) is 12.5. The van der Waals surface area contributed by atoms with Gasteiger partial charge in [0.05, 0.1) is 16.4 Å². The van der Waals surface area contributed by atoms with Gasteiger partial charge >= 0.3 is 0 Å². The zero-order chi connectivity index (χ0) is 25.5. The van der Waals surface area contributed by atoms with Crippen LogP contribution >= 0.6 is 11.8 Å². The van der Waals surface area contributed by atoms with Crippen molar-refractivity contribution in [3.63, 3.8) is 0 Å². The Balaban J connectivity index is 1.44. The molecule has 0 bridgehead atoms. The highest BCUT2D eigenvalue weighted by atomic mass is 32.2. The van der Waals surface area contributed by atoms with Gasteiger partial charge in [-0.1, -0.05) is 49.0 Å². The molecule has 1 heterocycles. The summed E-state index contributed by atoms with van der Waals surface area (Å²) in [5, 5.41) is 17.3. The number of rotatable bonds is 10. The molecule has 186 valence electrons. The van der Waals surface area contributed by atoms with Crippen LogP contribution < -0.4 is 20.1 Å². The van der Waals surface area contributed by atoms with Crippen molar-refractivity contribution in [2.45, 2.75) is 32.4 Å². The fraction of sp³-hybridized carbons (Fsp3) is 0.222. The lowest BCUT2D eigenvalue weighted by atomic mass is 10.1. The monoisotopic (exact) mass is 505 g/mol. The van der Waals surface area contributed by atoms with Crippen molar-refractivity contribution in [1.82, 2.24) is 5.32 Å². The molecule has 1 amide bonds. The van der Waals surface area contributed by atoms with Gasteiger partial charge in [-0.3, -0.25) is 14.9 Å². The van der Waals surface area contributed by atoms with E-state index in [2.05, 4.69) is 29.7 Å². The minimum atomic E-state index is -0.434. The molecule has 1 atom stereocenters. The summed E-state index contributed by atoms with van der Waals surface area (Å²) in [6.45, 7) is 4.58. The number of hydrogen-bond acceptors (Lipinski definition) is 7. The fourth-order valence-electron chi connectivity index (χ4n) is 3.63. The van der Waals surface area contributed by atoms with Crippen LogP contribution in [0.15, 0.2) is 71.6 Å². The van der Waals surface area contributed by atoms with Gasteiger partial charge in [-0.15, -0.1) is 0 Å². The number of hydrogen-bond donors (Lipinski definition) is 2. The van der Waals surface area contributed by atoms with Gasteiger partial charge in [0, 0.05) is 17.8 Å². The number of amides is 1. The van der Waals surface area contributed by atoms with Gasteiger partial charge in [0.2, 0.25) is 0 Å². The molecular weight excluding hydrogens is 478 g/mol. The number of non-ortho nitro benzene ring substituents is 1. The third-order valence-corrected chi connectivity index (χ3v) is 6.50. The second kappa shape index (κ2) is 11.6. The first-order chi connectivity index (χ1) is 17.4. The third kappa shape index (κ3) is 6.37. The number of nitrogens with one attached hydrogen (secondary N) is 2. The molecule has 0 radical (unpaired) electrons. The van der Waals surface area contributed by atoms with Crippen LogP contribution in [0.4, 0.5) is 11.4 Å². The fourth-order valence-corrected chi connectivity index (χ4v) is 4.61. The summed E-state index contributed by atoms with van der Waals surface area (Å²) in [5.41, 5.74) is 3.43. The summed E-state index contributed by atoms with van der Waals surface area (Å²) in [6, 6.07) is 19.9. The molecule has 3 aromatic carbocycles. The first kappa shape index (κ1) is 25.1. The van der Waals surface area contributed by atoms with Gasteiger partial charge in [-0.2, -0.15) is 0 Å². The minimum Gasteiger partial charge on any atom is -0.490 e. The number of thioether (sulfide) groups is 1. The summed E-state index contributed by atoms with van der Waals surface area (Å²) >= 11 is 1.42. The van der Waals surface area contributed by atoms with Crippen LogP contribution in [-0.4, -0.2) is 22.9 Å². The molecule has 1 fully saturated rings. The second-order valence-corrected chi connectivity index (χ2v) is 9.18. The average Bonchev–Trinajstić information content (AvgIpc) is 3.22. The second-order valence-electron chi connectivity index (χ2n) is 8.03. The summed E-state index contributed by atoms with van der Waals surface area (Å²) < 4.78 is 11.6. The van der Waals surface area contributed by atoms with E-state index in [1.807, 2.05) is 37.3 Å². The zero-order valence-corrected chi connectivity index (χ0v) is 20.8. The Kier molecular flexibility index (Phi) is 8.12. The molecule has 1 saturated heterocycles. The number of ether oxygens (including phenoxy) is 2. The Labute approximate surface area is 213 Å². The van der Waals surface area contributed by atoms with Gasteiger partial charge in [-0.25, -0.2) is 0 Å². The Bertz CT molecular complexity index is 1280. The average molecular weight is 506 g/mol. The first-order valence-electron chi connectivity index (χ1n) is 11.6. The van der Waals surface area contributed by atoms with E-state index in [4.69, 9.17) is 9.47 Å². The predicted molar refractivity (Wildman–Crippen MR) is 142 cm³/mol. The molecule has 9 heteroatoms. The molecule has 36 heavy (non-hydrogen) atoms. The maximum absolute atomic E-state index is 12.5. The highest BCUT2D eigenvalue weighted by Gasteiger charge is 2.27. The number of carbonyl (C=O) groups is 1. The molecule has 0 aliphatic carbocycles. The van der Waals surface area contributed by atoms with Crippen molar-refractivity contribution in [2.75, 3.05) is 11.9 Å². The predicted octanol–water partition coefficient (Wildman–Crippen LogP) is 5.73. The number of carbonyl (C=O) groups excluding carboxylic acids is 1. The van der Waals surface area contributed by atoms with Gasteiger partial charge in [0.1, 0.15) is 6.61 Å². The molecule has 0 aromatic heterocycles. The summed E-state index contributed by atoms with van der Waals surface area (Å²) in [4.78, 5) is 23.7. The Morgan fingerprint density at radius 2 is 1.83 bits per heavy atom. The van der Waals surface area contributed by atoms with Crippen molar-refractivity contribution < 1.29 is 19.2 Å². The summed E-state index contributed by atoms with van der Waals surface area (Å²) in [7, 11) is 0. The van der Waals surface area contributed by atoms with Crippen molar-refractivity contribution in [1.29, 1.82) is 0 Å². The lowest BCUT2D eigenvalue weighted by Gasteiger charge is -2.13. The van der Waals surface area contributed by atoms with E-state index in [-0.39, 0.29) is 23.7 Å². The molecule has 8 nitrogen and oxygen atoms in total. The van der Waals surface area contributed by atoms with E-state index >= 15 is 0 Å². The molecule has 4 rings (SSSR count). The number of nitro benzene ring substituents is 1. The highest BCUT2D eigenvalue weighted by molar-refractivity contribution is 8.05. The normalized spacial score (nSPS) is 16.0. The summed E-state index contributed by atoms with van der Waals surface area (Å²) in [5.74, 6) is 0.905. The van der Waals surface area contributed by atoms with Crippen LogP contribution in [0.25, 0.3) is 6.08 Å². The summed E-state index contributed by atoms with van der Waals surface area (Å²) in [6.07, 6.45) is 2.79. The Morgan fingerprint density at radius 1 is 1.03 bits per heavy atom. The Hall–Kier alpha value is -3.98. The van der Waals surface area contributed by atoms with Crippen molar-refractivity contribution in [3.8, 4) is 11.5 Å². The van der Waals surface area contributed by atoms with Gasteiger partial charge in [0.15, 0.2) is 17.0 Å². The quantitative estimate of drug-likeness (QED) is 0.206.